The van der Waals surface area contributed by atoms with Gasteiger partial charge in [0.05, 0.1) is 6.04 Å². The third-order valence-corrected chi connectivity index (χ3v) is 5.49. The van der Waals surface area contributed by atoms with Crippen LogP contribution in [0.1, 0.15) is 48.6 Å². The van der Waals surface area contributed by atoms with Crippen molar-refractivity contribution in [1.29, 1.82) is 0 Å². The number of aromatic nitrogens is 1. The Balaban J connectivity index is 1.94. The van der Waals surface area contributed by atoms with Crippen molar-refractivity contribution in [2.24, 2.45) is 0 Å². The molecule has 3 nitrogen and oxygen atoms in total. The summed E-state index contributed by atoms with van der Waals surface area (Å²) in [5, 5.41) is 6.82. The van der Waals surface area contributed by atoms with E-state index in [0.29, 0.717) is 0 Å². The summed E-state index contributed by atoms with van der Waals surface area (Å²) in [7, 11) is 0. The van der Waals surface area contributed by atoms with Crippen molar-refractivity contribution in [3.05, 3.63) is 51.5 Å². The number of nitrogens with zero attached hydrogens (tertiary/aromatic N) is 2. The van der Waals surface area contributed by atoms with Crippen LogP contribution in [0.15, 0.2) is 29.6 Å². The summed E-state index contributed by atoms with van der Waals surface area (Å²) >= 11 is 1.78. The number of aryl methyl sites for hydroxylation is 1. The topological polar surface area (TPSA) is 28.2 Å². The van der Waals surface area contributed by atoms with Gasteiger partial charge < -0.3 is 5.32 Å². The van der Waals surface area contributed by atoms with Gasteiger partial charge in [0.2, 0.25) is 0 Å². The maximum absolute atomic E-state index is 4.79. The highest BCUT2D eigenvalue weighted by Crippen LogP contribution is 2.32. The second kappa shape index (κ2) is 6.71. The maximum atomic E-state index is 4.79. The quantitative estimate of drug-likeness (QED) is 0.930. The Labute approximate surface area is 143 Å². The zero-order valence-electron chi connectivity index (χ0n) is 14.6. The molecule has 1 unspecified atom stereocenters. The van der Waals surface area contributed by atoms with Crippen molar-refractivity contribution >= 4 is 11.3 Å². The smallest absolute Gasteiger partial charge is 0.115 e. The predicted molar refractivity (Wildman–Crippen MR) is 98.3 cm³/mol. The fourth-order valence-corrected chi connectivity index (χ4v) is 4.07. The van der Waals surface area contributed by atoms with Gasteiger partial charge in [0.25, 0.3) is 0 Å². The second-order valence-corrected chi connectivity index (χ2v) is 8.28. The van der Waals surface area contributed by atoms with Crippen LogP contribution >= 0.6 is 11.3 Å². The highest BCUT2D eigenvalue weighted by atomic mass is 32.1. The number of hydrogen-bond acceptors (Lipinski definition) is 4. The molecular formula is C19H27N3S. The zero-order chi connectivity index (χ0) is 16.4. The van der Waals surface area contributed by atoms with Crippen LogP contribution in [0.25, 0.3) is 0 Å². The van der Waals surface area contributed by atoms with Gasteiger partial charge >= 0.3 is 0 Å². The summed E-state index contributed by atoms with van der Waals surface area (Å²) in [4.78, 5) is 7.35. The van der Waals surface area contributed by atoms with Crippen LogP contribution in [0.4, 0.5) is 0 Å². The van der Waals surface area contributed by atoms with E-state index < -0.39 is 0 Å². The van der Waals surface area contributed by atoms with Crippen LogP contribution in [0.2, 0.25) is 0 Å². The van der Waals surface area contributed by atoms with Gasteiger partial charge in [-0.05, 0) is 23.5 Å². The van der Waals surface area contributed by atoms with E-state index in [1.807, 2.05) is 0 Å². The van der Waals surface area contributed by atoms with Crippen LogP contribution in [0.3, 0.4) is 0 Å². The zero-order valence-corrected chi connectivity index (χ0v) is 15.4. The van der Waals surface area contributed by atoms with E-state index in [4.69, 9.17) is 4.98 Å². The molecule has 1 N–H and O–H groups in total. The van der Waals surface area contributed by atoms with E-state index in [2.05, 4.69) is 67.6 Å². The molecule has 1 saturated heterocycles. The van der Waals surface area contributed by atoms with Crippen LogP contribution in [0.5, 0.6) is 0 Å². The normalized spacial score (nSPS) is 18.1. The van der Waals surface area contributed by atoms with E-state index in [0.717, 1.165) is 31.9 Å². The SMILES string of the molecule is Cc1csc(C(c2ccc(C(C)(C)C)cc2)N2CCNCC2)n1. The fraction of sp³-hybridized carbons (Fsp3) is 0.526. The second-order valence-electron chi connectivity index (χ2n) is 7.39. The van der Waals surface area contributed by atoms with Crippen molar-refractivity contribution < 1.29 is 0 Å². The molecule has 1 aliphatic heterocycles. The van der Waals surface area contributed by atoms with Gasteiger partial charge in [-0.2, -0.15) is 0 Å². The van der Waals surface area contributed by atoms with Crippen LogP contribution in [-0.4, -0.2) is 36.1 Å². The number of benzene rings is 1. The molecule has 3 rings (SSSR count). The molecule has 0 amide bonds. The third-order valence-electron chi connectivity index (χ3n) is 4.48. The Morgan fingerprint density at radius 2 is 1.78 bits per heavy atom. The van der Waals surface area contributed by atoms with E-state index in [1.54, 1.807) is 11.3 Å². The van der Waals surface area contributed by atoms with Gasteiger partial charge in [0.15, 0.2) is 0 Å². The first kappa shape index (κ1) is 16.6. The van der Waals surface area contributed by atoms with E-state index in [9.17, 15) is 0 Å². The van der Waals surface area contributed by atoms with Gasteiger partial charge in [-0.15, -0.1) is 11.3 Å². The summed E-state index contributed by atoms with van der Waals surface area (Å²) in [5.41, 5.74) is 4.06. The third kappa shape index (κ3) is 3.82. The molecule has 0 radical (unpaired) electrons. The summed E-state index contributed by atoms with van der Waals surface area (Å²) in [6.07, 6.45) is 0. The molecule has 1 fully saturated rings. The van der Waals surface area contributed by atoms with Gasteiger partial charge in [-0.25, -0.2) is 4.98 Å². The van der Waals surface area contributed by atoms with Crippen LogP contribution in [-0.2, 0) is 5.41 Å². The number of thiazole rings is 1. The Bertz CT molecular complexity index is 633. The molecule has 4 heteroatoms. The number of piperazine rings is 1. The molecule has 0 aliphatic carbocycles. The van der Waals surface area contributed by atoms with Gasteiger partial charge in [0, 0.05) is 37.3 Å². The lowest BCUT2D eigenvalue weighted by atomic mass is 9.86. The molecule has 2 heterocycles. The Morgan fingerprint density at radius 3 is 2.30 bits per heavy atom. The minimum absolute atomic E-state index is 0.195. The van der Waals surface area contributed by atoms with Crippen molar-refractivity contribution in [3.8, 4) is 0 Å². The molecule has 2 aromatic rings. The van der Waals surface area contributed by atoms with Gasteiger partial charge in [-0.3, -0.25) is 4.90 Å². The summed E-state index contributed by atoms with van der Waals surface area (Å²) in [6.45, 7) is 13.1. The first-order valence-electron chi connectivity index (χ1n) is 8.42. The van der Waals surface area contributed by atoms with E-state index in [1.165, 1.54) is 16.1 Å². The Kier molecular flexibility index (Phi) is 4.85. The predicted octanol–water partition coefficient (Wildman–Crippen LogP) is 3.74. The highest BCUT2D eigenvalue weighted by Gasteiger charge is 2.26. The minimum atomic E-state index is 0.195. The minimum Gasteiger partial charge on any atom is -0.314 e. The molecule has 0 bridgehead atoms. The lowest BCUT2D eigenvalue weighted by Gasteiger charge is -2.34. The number of nitrogens with one attached hydrogen (secondary N) is 1. The monoisotopic (exact) mass is 329 g/mol. The first-order valence-corrected chi connectivity index (χ1v) is 9.30. The molecule has 1 aromatic heterocycles. The van der Waals surface area contributed by atoms with Crippen molar-refractivity contribution in [2.45, 2.75) is 39.2 Å². The molecule has 0 saturated carbocycles. The van der Waals surface area contributed by atoms with Crippen molar-refractivity contribution in [3.63, 3.8) is 0 Å². The summed E-state index contributed by atoms with van der Waals surface area (Å²) in [6, 6.07) is 9.44. The summed E-state index contributed by atoms with van der Waals surface area (Å²) in [5.74, 6) is 0. The molecule has 0 spiro atoms. The van der Waals surface area contributed by atoms with Gasteiger partial charge in [0.1, 0.15) is 5.01 Å². The van der Waals surface area contributed by atoms with Crippen LogP contribution < -0.4 is 5.32 Å². The lowest BCUT2D eigenvalue weighted by Crippen LogP contribution is -2.45. The van der Waals surface area contributed by atoms with Crippen molar-refractivity contribution in [1.82, 2.24) is 15.2 Å². The standard InChI is InChI=1S/C19H27N3S/c1-14-13-23-18(21-14)17(22-11-9-20-10-12-22)15-5-7-16(8-6-15)19(2,3)4/h5-8,13,17,20H,9-12H2,1-4H3. The van der Waals surface area contributed by atoms with Gasteiger partial charge in [-0.1, -0.05) is 45.0 Å². The molecule has 1 aliphatic rings. The molecule has 1 aromatic carbocycles. The highest BCUT2D eigenvalue weighted by molar-refractivity contribution is 7.09. The molecule has 23 heavy (non-hydrogen) atoms. The van der Waals surface area contributed by atoms with E-state index >= 15 is 0 Å². The summed E-state index contributed by atoms with van der Waals surface area (Å²) < 4.78 is 0. The average Bonchev–Trinajstić information content (AvgIpc) is 2.94. The number of hydrogen-bond donors (Lipinski definition) is 1. The van der Waals surface area contributed by atoms with Crippen LogP contribution in [0, 0.1) is 6.92 Å². The molecule has 124 valence electrons. The first-order chi connectivity index (χ1) is 10.9. The van der Waals surface area contributed by atoms with E-state index in [-0.39, 0.29) is 11.5 Å². The average molecular weight is 330 g/mol. The Morgan fingerprint density at radius 1 is 1.13 bits per heavy atom. The lowest BCUT2D eigenvalue weighted by molar-refractivity contribution is 0.198. The molecular weight excluding hydrogens is 302 g/mol. The largest absolute Gasteiger partial charge is 0.314 e. The molecule has 1 atom stereocenters. The fourth-order valence-electron chi connectivity index (χ4n) is 3.11. The van der Waals surface area contributed by atoms with Crippen molar-refractivity contribution in [2.75, 3.05) is 26.2 Å². The Hall–Kier alpha value is -1.23. The number of rotatable bonds is 3. The maximum Gasteiger partial charge on any atom is 0.115 e.